The summed E-state index contributed by atoms with van der Waals surface area (Å²) in [6.45, 7) is 0.0293. The van der Waals surface area contributed by atoms with Crippen LogP contribution in [0.4, 0.5) is 14.9 Å². The van der Waals surface area contributed by atoms with Gasteiger partial charge in [0.15, 0.2) is 5.82 Å². The minimum absolute atomic E-state index is 0.0224. The third-order valence-corrected chi connectivity index (χ3v) is 2.82. The number of aromatic nitrogens is 3. The highest BCUT2D eigenvalue weighted by Gasteiger charge is 2.17. The lowest BCUT2D eigenvalue weighted by atomic mass is 10.2. The second-order valence-electron chi connectivity index (χ2n) is 4.31. The number of carboxylic acid groups (broad SMARTS) is 1. The van der Waals surface area contributed by atoms with E-state index in [1.54, 1.807) is 0 Å². The Morgan fingerprint density at radius 2 is 2.29 bits per heavy atom. The van der Waals surface area contributed by atoms with Crippen molar-refractivity contribution in [2.45, 2.75) is 6.54 Å². The van der Waals surface area contributed by atoms with Crippen molar-refractivity contribution in [3.05, 3.63) is 29.8 Å². The maximum Gasteiger partial charge on any atom is 0.407 e. The molecule has 0 atom stereocenters. The Bertz CT molecular complexity index is 673. The molecule has 21 heavy (non-hydrogen) atoms. The van der Waals surface area contributed by atoms with Gasteiger partial charge >= 0.3 is 6.09 Å². The molecule has 112 valence electrons. The molecule has 9 heteroatoms. The maximum absolute atomic E-state index is 14.1. The fourth-order valence-corrected chi connectivity index (χ4v) is 1.73. The third-order valence-electron chi connectivity index (χ3n) is 2.82. The van der Waals surface area contributed by atoms with Crippen LogP contribution < -0.4 is 10.5 Å². The number of hydrogen-bond acceptors (Lipinski definition) is 5. The molecule has 1 aromatic carbocycles. The first-order chi connectivity index (χ1) is 9.93. The van der Waals surface area contributed by atoms with Crippen molar-refractivity contribution < 1.29 is 19.0 Å². The summed E-state index contributed by atoms with van der Waals surface area (Å²) in [4.78, 5) is 11.8. The van der Waals surface area contributed by atoms with Crippen LogP contribution in [0.15, 0.2) is 18.3 Å². The van der Waals surface area contributed by atoms with Crippen molar-refractivity contribution in [2.75, 3.05) is 19.9 Å². The number of rotatable bonds is 4. The van der Waals surface area contributed by atoms with E-state index in [0.29, 0.717) is 5.69 Å². The lowest BCUT2D eigenvalue weighted by Gasteiger charge is -2.11. The summed E-state index contributed by atoms with van der Waals surface area (Å²) in [5, 5.41) is 16.4. The van der Waals surface area contributed by atoms with Crippen LogP contribution in [0.25, 0.3) is 5.69 Å². The molecule has 1 heterocycles. The lowest BCUT2D eigenvalue weighted by Crippen LogP contribution is -2.24. The normalized spacial score (nSPS) is 10.4. The van der Waals surface area contributed by atoms with Crippen molar-refractivity contribution in [3.63, 3.8) is 0 Å². The van der Waals surface area contributed by atoms with Crippen molar-refractivity contribution in [3.8, 4) is 11.4 Å². The van der Waals surface area contributed by atoms with Gasteiger partial charge in [-0.15, -0.1) is 5.10 Å². The summed E-state index contributed by atoms with van der Waals surface area (Å²) in [6.07, 6.45) is 0.317. The Labute approximate surface area is 119 Å². The largest absolute Gasteiger partial charge is 0.494 e. The molecule has 8 nitrogen and oxygen atoms in total. The molecule has 0 radical (unpaired) electrons. The molecule has 0 saturated carbocycles. The van der Waals surface area contributed by atoms with Crippen molar-refractivity contribution in [2.24, 2.45) is 0 Å². The highest BCUT2D eigenvalue weighted by atomic mass is 19.1. The number of nitrogens with two attached hydrogens (primary N) is 1. The van der Waals surface area contributed by atoms with E-state index >= 15 is 0 Å². The fourth-order valence-electron chi connectivity index (χ4n) is 1.73. The molecule has 0 fully saturated rings. The average Bonchev–Trinajstić information content (AvgIpc) is 2.89. The summed E-state index contributed by atoms with van der Waals surface area (Å²) < 4.78 is 20.4. The van der Waals surface area contributed by atoms with E-state index in [0.717, 1.165) is 9.58 Å². The van der Waals surface area contributed by atoms with Gasteiger partial charge in [-0.2, -0.15) is 0 Å². The number of benzene rings is 1. The molecule has 0 aliphatic rings. The number of nitrogen functional groups attached to an aromatic ring is 1. The van der Waals surface area contributed by atoms with Crippen molar-refractivity contribution in [1.29, 1.82) is 0 Å². The molecule has 2 rings (SSSR count). The van der Waals surface area contributed by atoms with Crippen LogP contribution >= 0.6 is 0 Å². The number of methoxy groups -OCH3 is 1. The standard InChI is InChI=1S/C12H14FN5O3/c1-17(12(19)20)5-7-6-18(16-15-7)11-9(21-2)4-3-8(14)10(11)13/h3-4,6H,5,14H2,1-2H3,(H,19,20). The van der Waals surface area contributed by atoms with Gasteiger partial charge in [-0.1, -0.05) is 5.21 Å². The number of halogens is 1. The van der Waals surface area contributed by atoms with Gasteiger partial charge in [0.2, 0.25) is 0 Å². The second kappa shape index (κ2) is 5.65. The van der Waals surface area contributed by atoms with E-state index in [4.69, 9.17) is 15.6 Å². The summed E-state index contributed by atoms with van der Waals surface area (Å²) >= 11 is 0. The number of hydrogen-bond donors (Lipinski definition) is 2. The van der Waals surface area contributed by atoms with Crippen LogP contribution in [0.2, 0.25) is 0 Å². The Morgan fingerprint density at radius 3 is 2.90 bits per heavy atom. The molecule has 1 aromatic heterocycles. The van der Waals surface area contributed by atoms with E-state index in [2.05, 4.69) is 10.3 Å². The Kier molecular flexibility index (Phi) is 3.92. The molecular formula is C12H14FN5O3. The number of nitrogens with zero attached hydrogens (tertiary/aromatic N) is 4. The summed E-state index contributed by atoms with van der Waals surface area (Å²) in [6, 6.07) is 2.90. The van der Waals surface area contributed by atoms with Crippen molar-refractivity contribution >= 4 is 11.8 Å². The monoisotopic (exact) mass is 295 g/mol. The topological polar surface area (TPSA) is 106 Å². The zero-order valence-electron chi connectivity index (χ0n) is 11.4. The van der Waals surface area contributed by atoms with Gasteiger partial charge in [0.05, 0.1) is 25.5 Å². The van der Waals surface area contributed by atoms with Gasteiger partial charge in [0.25, 0.3) is 0 Å². The van der Waals surface area contributed by atoms with Crippen LogP contribution in [0.5, 0.6) is 5.75 Å². The van der Waals surface area contributed by atoms with Crippen LogP contribution in [0.1, 0.15) is 5.69 Å². The molecule has 0 saturated heterocycles. The Hall–Kier alpha value is -2.84. The van der Waals surface area contributed by atoms with E-state index in [-0.39, 0.29) is 23.7 Å². The smallest absolute Gasteiger partial charge is 0.407 e. The molecule has 3 N–H and O–H groups in total. The van der Waals surface area contributed by atoms with Crippen LogP contribution in [-0.4, -0.2) is 45.3 Å². The molecule has 2 aromatic rings. The van der Waals surface area contributed by atoms with Gasteiger partial charge in [-0.3, -0.25) is 0 Å². The Balaban J connectivity index is 2.38. The highest BCUT2D eigenvalue weighted by Crippen LogP contribution is 2.28. The van der Waals surface area contributed by atoms with Crippen LogP contribution in [0.3, 0.4) is 0 Å². The highest BCUT2D eigenvalue weighted by molar-refractivity contribution is 5.64. The number of carbonyl (C=O) groups is 1. The van der Waals surface area contributed by atoms with Gasteiger partial charge in [0, 0.05) is 7.05 Å². The quantitative estimate of drug-likeness (QED) is 0.818. The fraction of sp³-hybridized carbons (Fsp3) is 0.250. The van der Waals surface area contributed by atoms with Crippen molar-refractivity contribution in [1.82, 2.24) is 19.9 Å². The van der Waals surface area contributed by atoms with Gasteiger partial charge in [-0.05, 0) is 12.1 Å². The first kappa shape index (κ1) is 14.6. The van der Waals surface area contributed by atoms with E-state index in [1.165, 1.54) is 32.5 Å². The minimum atomic E-state index is -1.10. The van der Waals surface area contributed by atoms with Gasteiger partial charge in [0.1, 0.15) is 17.1 Å². The summed E-state index contributed by atoms with van der Waals surface area (Å²) in [7, 11) is 2.79. The van der Waals surface area contributed by atoms with E-state index in [1.807, 2.05) is 0 Å². The number of ether oxygens (including phenoxy) is 1. The molecule has 0 aliphatic carbocycles. The zero-order chi connectivity index (χ0) is 15.6. The average molecular weight is 295 g/mol. The summed E-state index contributed by atoms with van der Waals surface area (Å²) in [5.41, 5.74) is 5.87. The second-order valence-corrected chi connectivity index (χ2v) is 4.31. The minimum Gasteiger partial charge on any atom is -0.494 e. The molecular weight excluding hydrogens is 281 g/mol. The third kappa shape index (κ3) is 2.86. The first-order valence-corrected chi connectivity index (χ1v) is 5.91. The van der Waals surface area contributed by atoms with E-state index in [9.17, 15) is 9.18 Å². The van der Waals surface area contributed by atoms with Gasteiger partial charge in [-0.25, -0.2) is 13.9 Å². The maximum atomic E-state index is 14.1. The predicted octanol–water partition coefficient (Wildman–Crippen LogP) is 1.11. The predicted molar refractivity (Wildman–Crippen MR) is 71.8 cm³/mol. The number of amides is 1. The zero-order valence-corrected chi connectivity index (χ0v) is 11.4. The van der Waals surface area contributed by atoms with E-state index < -0.39 is 11.9 Å². The summed E-state index contributed by atoms with van der Waals surface area (Å²) in [5.74, 6) is -0.442. The lowest BCUT2D eigenvalue weighted by molar-refractivity contribution is 0.153. The molecule has 0 bridgehead atoms. The SMILES string of the molecule is COc1ccc(N)c(F)c1-n1cc(CN(C)C(=O)O)nn1. The molecule has 0 aliphatic heterocycles. The Morgan fingerprint density at radius 1 is 1.57 bits per heavy atom. The van der Waals surface area contributed by atoms with Crippen LogP contribution in [-0.2, 0) is 6.54 Å². The molecule has 0 unspecified atom stereocenters. The molecule has 1 amide bonds. The van der Waals surface area contributed by atoms with Gasteiger partial charge < -0.3 is 20.5 Å². The number of anilines is 1. The molecule has 0 spiro atoms. The van der Waals surface area contributed by atoms with Crippen LogP contribution in [0, 0.1) is 5.82 Å². The first-order valence-electron chi connectivity index (χ1n) is 5.91.